The molecular weight excluding hydrogens is 301 g/mol. The quantitative estimate of drug-likeness (QED) is 0.764. The fraction of sp³-hybridized carbons (Fsp3) is 0.176. The molecule has 0 spiro atoms. The Morgan fingerprint density at radius 3 is 2.35 bits per heavy atom. The molecule has 2 aromatic rings. The summed E-state index contributed by atoms with van der Waals surface area (Å²) in [5.74, 6) is -2.67. The largest absolute Gasteiger partial charge is 0.478 e. The maximum Gasteiger partial charge on any atom is 0.336 e. The molecule has 23 heavy (non-hydrogen) atoms. The number of hydrogen-bond acceptors (Lipinski definition) is 3. The van der Waals surface area contributed by atoms with E-state index >= 15 is 0 Å². The van der Waals surface area contributed by atoms with Gasteiger partial charge in [-0.25, -0.2) is 9.18 Å². The number of hydrogen-bond donors (Lipinski definition) is 3. The average molecular weight is 317 g/mol. The van der Waals surface area contributed by atoms with Crippen molar-refractivity contribution in [1.82, 2.24) is 0 Å². The van der Waals surface area contributed by atoms with Crippen molar-refractivity contribution in [3.05, 3.63) is 65.0 Å². The second-order valence-electron chi connectivity index (χ2n) is 4.97. The standard InChI is InChI=1S/C17H16FNO4/c18-12-5-8-14(17(22)23)15(10-12)16(21)19-13-6-3-11(4-7-13)2-1-9-20/h3-8,10,20H,1-2,9H2,(H,19,21)(H,22,23). The lowest BCUT2D eigenvalue weighted by molar-refractivity contribution is 0.0692. The predicted octanol–water partition coefficient (Wildman–Crippen LogP) is 2.70. The van der Waals surface area contributed by atoms with Gasteiger partial charge >= 0.3 is 5.97 Å². The molecule has 0 unspecified atom stereocenters. The van der Waals surface area contributed by atoms with Crippen LogP contribution in [0.15, 0.2) is 42.5 Å². The molecule has 5 nitrogen and oxygen atoms in total. The van der Waals surface area contributed by atoms with Gasteiger partial charge in [-0.05, 0) is 48.7 Å². The first-order chi connectivity index (χ1) is 11.0. The van der Waals surface area contributed by atoms with Gasteiger partial charge in [-0.1, -0.05) is 12.1 Å². The maximum atomic E-state index is 13.3. The molecule has 0 heterocycles. The number of amides is 1. The Hall–Kier alpha value is -2.73. The van der Waals surface area contributed by atoms with Gasteiger partial charge in [0.2, 0.25) is 0 Å². The van der Waals surface area contributed by atoms with Crippen molar-refractivity contribution in [3.63, 3.8) is 0 Å². The summed E-state index contributed by atoms with van der Waals surface area (Å²) in [6.45, 7) is 0.107. The topological polar surface area (TPSA) is 86.6 Å². The van der Waals surface area contributed by atoms with Crippen LogP contribution in [0.4, 0.5) is 10.1 Å². The molecule has 0 aliphatic rings. The van der Waals surface area contributed by atoms with Gasteiger partial charge in [0, 0.05) is 12.3 Å². The van der Waals surface area contributed by atoms with E-state index in [1.807, 2.05) is 0 Å². The van der Waals surface area contributed by atoms with Gasteiger partial charge in [0.15, 0.2) is 0 Å². The van der Waals surface area contributed by atoms with Crippen LogP contribution in [0, 0.1) is 5.82 Å². The Labute approximate surface area is 132 Å². The van der Waals surface area contributed by atoms with Crippen LogP contribution in [0.1, 0.15) is 32.7 Å². The number of anilines is 1. The number of aromatic carboxylic acids is 1. The van der Waals surface area contributed by atoms with E-state index in [-0.39, 0.29) is 17.7 Å². The van der Waals surface area contributed by atoms with Crippen molar-refractivity contribution >= 4 is 17.6 Å². The van der Waals surface area contributed by atoms with Crippen LogP contribution >= 0.6 is 0 Å². The summed E-state index contributed by atoms with van der Waals surface area (Å²) in [7, 11) is 0. The Bertz CT molecular complexity index is 713. The average Bonchev–Trinajstić information content (AvgIpc) is 2.53. The number of halogens is 1. The first-order valence-corrected chi connectivity index (χ1v) is 7.05. The Morgan fingerprint density at radius 1 is 1.04 bits per heavy atom. The highest BCUT2D eigenvalue weighted by Gasteiger charge is 2.17. The summed E-state index contributed by atoms with van der Waals surface area (Å²) in [5.41, 5.74) is 0.989. The molecule has 3 N–H and O–H groups in total. The first kappa shape index (κ1) is 16.6. The van der Waals surface area contributed by atoms with Crippen LogP contribution in [0.2, 0.25) is 0 Å². The first-order valence-electron chi connectivity index (χ1n) is 7.05. The summed E-state index contributed by atoms with van der Waals surface area (Å²) in [6.07, 6.45) is 1.37. The summed E-state index contributed by atoms with van der Waals surface area (Å²) in [6, 6.07) is 9.90. The number of carboxylic acids is 1. The van der Waals surface area contributed by atoms with Crippen LogP contribution in [-0.4, -0.2) is 28.7 Å². The number of rotatable bonds is 6. The number of nitrogens with one attached hydrogen (secondary N) is 1. The normalized spacial score (nSPS) is 10.3. The Balaban J connectivity index is 2.16. The molecule has 0 aromatic heterocycles. The number of carboxylic acid groups (broad SMARTS) is 1. The van der Waals surface area contributed by atoms with E-state index in [4.69, 9.17) is 10.2 Å². The monoisotopic (exact) mass is 317 g/mol. The van der Waals surface area contributed by atoms with Gasteiger partial charge in [-0.15, -0.1) is 0 Å². The van der Waals surface area contributed by atoms with E-state index in [1.165, 1.54) is 0 Å². The van der Waals surface area contributed by atoms with Gasteiger partial charge in [0.05, 0.1) is 11.1 Å². The molecule has 0 bridgehead atoms. The highest BCUT2D eigenvalue weighted by atomic mass is 19.1. The molecule has 0 radical (unpaired) electrons. The molecule has 0 saturated heterocycles. The zero-order valence-electron chi connectivity index (χ0n) is 12.3. The number of aliphatic hydroxyl groups excluding tert-OH is 1. The van der Waals surface area contributed by atoms with Gasteiger partial charge < -0.3 is 15.5 Å². The van der Waals surface area contributed by atoms with Crippen molar-refractivity contribution in [3.8, 4) is 0 Å². The number of aliphatic hydroxyl groups is 1. The lowest BCUT2D eigenvalue weighted by Crippen LogP contribution is -2.16. The third-order valence-corrected chi connectivity index (χ3v) is 3.29. The van der Waals surface area contributed by atoms with Crippen LogP contribution < -0.4 is 5.32 Å². The highest BCUT2D eigenvalue weighted by Crippen LogP contribution is 2.16. The van der Waals surface area contributed by atoms with E-state index in [1.54, 1.807) is 24.3 Å². The molecule has 2 aromatic carbocycles. The number of aryl methyl sites for hydroxylation is 1. The van der Waals surface area contributed by atoms with Crippen molar-refractivity contribution in [2.75, 3.05) is 11.9 Å². The molecule has 0 saturated carbocycles. The van der Waals surface area contributed by atoms with Gasteiger partial charge in [-0.3, -0.25) is 4.79 Å². The second kappa shape index (κ2) is 7.51. The molecule has 0 aliphatic carbocycles. The smallest absolute Gasteiger partial charge is 0.336 e. The van der Waals surface area contributed by atoms with E-state index in [0.717, 1.165) is 30.2 Å². The van der Waals surface area contributed by atoms with E-state index < -0.39 is 17.7 Å². The molecule has 0 atom stereocenters. The van der Waals surface area contributed by atoms with Crippen LogP contribution in [0.5, 0.6) is 0 Å². The summed E-state index contributed by atoms with van der Waals surface area (Å²) in [4.78, 5) is 23.3. The van der Waals surface area contributed by atoms with Gasteiger partial charge in [0.1, 0.15) is 5.82 Å². The van der Waals surface area contributed by atoms with Gasteiger partial charge in [-0.2, -0.15) is 0 Å². The van der Waals surface area contributed by atoms with Gasteiger partial charge in [0.25, 0.3) is 5.91 Å². The Kier molecular flexibility index (Phi) is 5.43. The zero-order valence-corrected chi connectivity index (χ0v) is 12.3. The lowest BCUT2D eigenvalue weighted by Gasteiger charge is -2.09. The van der Waals surface area contributed by atoms with Crippen molar-refractivity contribution in [2.24, 2.45) is 0 Å². The number of carbonyl (C=O) groups excluding carboxylic acids is 1. The zero-order chi connectivity index (χ0) is 16.8. The second-order valence-corrected chi connectivity index (χ2v) is 4.97. The molecule has 2 rings (SSSR count). The highest BCUT2D eigenvalue weighted by molar-refractivity contribution is 6.10. The number of benzene rings is 2. The van der Waals surface area contributed by atoms with Crippen LogP contribution in [0.3, 0.4) is 0 Å². The maximum absolute atomic E-state index is 13.3. The fourth-order valence-electron chi connectivity index (χ4n) is 2.13. The van der Waals surface area contributed by atoms with E-state index in [9.17, 15) is 14.0 Å². The summed E-state index contributed by atoms with van der Waals surface area (Å²) in [5, 5.41) is 20.4. The van der Waals surface area contributed by atoms with Crippen molar-refractivity contribution < 1.29 is 24.2 Å². The molecule has 0 aliphatic heterocycles. The summed E-state index contributed by atoms with van der Waals surface area (Å²) < 4.78 is 13.3. The Morgan fingerprint density at radius 2 is 1.74 bits per heavy atom. The summed E-state index contributed by atoms with van der Waals surface area (Å²) >= 11 is 0. The molecular formula is C17H16FNO4. The molecule has 0 fully saturated rings. The fourth-order valence-corrected chi connectivity index (χ4v) is 2.13. The minimum Gasteiger partial charge on any atom is -0.478 e. The minimum atomic E-state index is -1.30. The van der Waals surface area contributed by atoms with Crippen LogP contribution in [-0.2, 0) is 6.42 Å². The lowest BCUT2D eigenvalue weighted by atomic mass is 10.1. The molecule has 1 amide bonds. The van der Waals surface area contributed by atoms with Crippen molar-refractivity contribution in [2.45, 2.75) is 12.8 Å². The minimum absolute atomic E-state index is 0.107. The van der Waals surface area contributed by atoms with Crippen LogP contribution in [0.25, 0.3) is 0 Å². The van der Waals surface area contributed by atoms with E-state index in [0.29, 0.717) is 12.1 Å². The number of carbonyl (C=O) groups is 2. The van der Waals surface area contributed by atoms with Crippen molar-refractivity contribution in [1.29, 1.82) is 0 Å². The third kappa shape index (κ3) is 4.37. The molecule has 120 valence electrons. The molecule has 6 heteroatoms. The predicted molar refractivity (Wildman–Crippen MR) is 83.2 cm³/mol. The van der Waals surface area contributed by atoms with E-state index in [2.05, 4.69) is 5.32 Å². The third-order valence-electron chi connectivity index (χ3n) is 3.29. The SMILES string of the molecule is O=C(O)c1ccc(F)cc1C(=O)Nc1ccc(CCCO)cc1.